The van der Waals surface area contributed by atoms with Crippen molar-refractivity contribution in [3.8, 4) is 5.75 Å². The highest BCUT2D eigenvalue weighted by Crippen LogP contribution is 2.31. The van der Waals surface area contributed by atoms with Crippen LogP contribution in [0.25, 0.3) is 0 Å². The van der Waals surface area contributed by atoms with Crippen molar-refractivity contribution in [2.24, 2.45) is 0 Å². The molecule has 0 radical (unpaired) electrons. The average molecular weight is 521 g/mol. The predicted molar refractivity (Wildman–Crippen MR) is 140 cm³/mol. The number of anilines is 1. The van der Waals surface area contributed by atoms with Gasteiger partial charge in [0.15, 0.2) is 12.2 Å². The Balaban J connectivity index is 1.64. The molecule has 0 saturated carbocycles. The number of halogens is 2. The van der Waals surface area contributed by atoms with Crippen LogP contribution in [0.3, 0.4) is 0 Å². The number of rotatable bonds is 7. The molecule has 0 aromatic heterocycles. The Bertz CT molecular complexity index is 1300. The molecule has 0 aliphatic heterocycles. The maximum atomic E-state index is 13.7. The first kappa shape index (κ1) is 25.3. The number of hydrogen-bond donors (Lipinski definition) is 2. The van der Waals surface area contributed by atoms with Gasteiger partial charge in [-0.05, 0) is 41.5 Å². The smallest absolute Gasteiger partial charge is 0.283 e. The van der Waals surface area contributed by atoms with Gasteiger partial charge in [-0.1, -0.05) is 102 Å². The van der Waals surface area contributed by atoms with Crippen molar-refractivity contribution in [2.45, 2.75) is 5.60 Å². The van der Waals surface area contributed by atoms with Crippen molar-refractivity contribution in [3.05, 3.63) is 130 Å². The van der Waals surface area contributed by atoms with Crippen LogP contribution in [0.15, 0.2) is 109 Å². The monoisotopic (exact) mass is 520 g/mol. The summed E-state index contributed by atoms with van der Waals surface area (Å²) in [4.78, 5) is 27.0. The van der Waals surface area contributed by atoms with Gasteiger partial charge in [0.2, 0.25) is 0 Å². The highest BCUT2D eigenvalue weighted by molar-refractivity contribution is 6.35. The third-order valence-electron chi connectivity index (χ3n) is 5.43. The molecule has 0 unspecified atom stereocenters. The minimum Gasteiger partial charge on any atom is -0.482 e. The summed E-state index contributed by atoms with van der Waals surface area (Å²) in [5, 5.41) is 13.5. The molecule has 6 nitrogen and oxygen atoms in total. The molecule has 182 valence electrons. The van der Waals surface area contributed by atoms with Gasteiger partial charge in [-0.3, -0.25) is 15.0 Å². The molecular weight excluding hydrogens is 499 g/mol. The summed E-state index contributed by atoms with van der Waals surface area (Å²) in [6.07, 6.45) is 0. The lowest BCUT2D eigenvalue weighted by atomic mass is 9.85. The highest BCUT2D eigenvalue weighted by Gasteiger charge is 2.41. The molecule has 0 fully saturated rings. The van der Waals surface area contributed by atoms with E-state index in [-0.39, 0.29) is 10.8 Å². The average Bonchev–Trinajstić information content (AvgIpc) is 2.92. The first-order valence-electron chi connectivity index (χ1n) is 11.0. The zero-order chi connectivity index (χ0) is 25.5. The molecule has 0 heterocycles. The quantitative estimate of drug-likeness (QED) is 0.321. The SMILES string of the molecule is O=C(COc1ccc(Cl)cc1Cl)N(NC(=O)C(O)(c1ccccc1)c1ccccc1)c1ccccc1. The van der Waals surface area contributed by atoms with Crippen LogP contribution in [0.2, 0.25) is 10.0 Å². The molecule has 4 aromatic rings. The molecule has 2 amide bonds. The number of aliphatic hydroxyl groups is 1. The van der Waals surface area contributed by atoms with E-state index < -0.39 is 24.0 Å². The summed E-state index contributed by atoms with van der Waals surface area (Å²) in [7, 11) is 0. The van der Waals surface area contributed by atoms with Gasteiger partial charge < -0.3 is 9.84 Å². The maximum Gasteiger partial charge on any atom is 0.283 e. The number of hydrazine groups is 1. The number of amides is 2. The number of ether oxygens (including phenoxy) is 1. The summed E-state index contributed by atoms with van der Waals surface area (Å²) in [6.45, 7) is -0.439. The number of carbonyl (C=O) groups is 2. The van der Waals surface area contributed by atoms with Crippen molar-refractivity contribution >= 4 is 40.7 Å². The summed E-state index contributed by atoms with van der Waals surface area (Å²) >= 11 is 12.1. The van der Waals surface area contributed by atoms with Crippen LogP contribution in [0.4, 0.5) is 5.69 Å². The van der Waals surface area contributed by atoms with Gasteiger partial charge in [-0.2, -0.15) is 0 Å². The zero-order valence-electron chi connectivity index (χ0n) is 19.0. The summed E-state index contributed by atoms with van der Waals surface area (Å²) in [5.41, 5.74) is 1.59. The molecule has 4 aromatic carbocycles. The molecule has 0 atom stereocenters. The van der Waals surface area contributed by atoms with Gasteiger partial charge >= 0.3 is 0 Å². The van der Waals surface area contributed by atoms with Crippen LogP contribution in [0.5, 0.6) is 5.75 Å². The second kappa shape index (κ2) is 11.3. The van der Waals surface area contributed by atoms with E-state index in [9.17, 15) is 14.7 Å². The fourth-order valence-electron chi connectivity index (χ4n) is 3.61. The Kier molecular flexibility index (Phi) is 7.90. The molecule has 2 N–H and O–H groups in total. The maximum absolute atomic E-state index is 13.7. The number of benzene rings is 4. The first-order valence-corrected chi connectivity index (χ1v) is 11.8. The summed E-state index contributed by atoms with van der Waals surface area (Å²) in [6, 6.07) is 30.2. The van der Waals surface area contributed by atoms with Gasteiger partial charge in [0.1, 0.15) is 5.75 Å². The lowest BCUT2D eigenvalue weighted by Gasteiger charge is -2.32. The molecular formula is C28H22Cl2N2O4. The van der Waals surface area contributed by atoms with E-state index in [1.165, 1.54) is 6.07 Å². The van der Waals surface area contributed by atoms with Crippen molar-refractivity contribution in [3.63, 3.8) is 0 Å². The Morgan fingerprint density at radius 3 is 1.86 bits per heavy atom. The van der Waals surface area contributed by atoms with Crippen LogP contribution >= 0.6 is 23.2 Å². The molecule has 0 spiro atoms. The van der Waals surface area contributed by atoms with E-state index in [2.05, 4.69) is 5.43 Å². The minimum absolute atomic E-state index is 0.244. The molecule has 8 heteroatoms. The fraction of sp³-hybridized carbons (Fsp3) is 0.0714. The number of hydrogen-bond acceptors (Lipinski definition) is 4. The number of para-hydroxylation sites is 1. The van der Waals surface area contributed by atoms with E-state index in [4.69, 9.17) is 27.9 Å². The molecule has 36 heavy (non-hydrogen) atoms. The lowest BCUT2D eigenvalue weighted by molar-refractivity contribution is -0.138. The third kappa shape index (κ3) is 5.52. The van der Waals surface area contributed by atoms with Gasteiger partial charge in [-0.25, -0.2) is 5.01 Å². The third-order valence-corrected chi connectivity index (χ3v) is 5.96. The van der Waals surface area contributed by atoms with Crippen LogP contribution in [0, 0.1) is 0 Å². The van der Waals surface area contributed by atoms with Gasteiger partial charge in [0, 0.05) is 5.02 Å². The Morgan fingerprint density at radius 1 is 0.806 bits per heavy atom. The Morgan fingerprint density at radius 2 is 1.33 bits per heavy atom. The van der Waals surface area contributed by atoms with Gasteiger partial charge in [0.25, 0.3) is 11.8 Å². The van der Waals surface area contributed by atoms with Crippen LogP contribution in [-0.2, 0) is 15.2 Å². The van der Waals surface area contributed by atoms with E-state index in [0.29, 0.717) is 21.8 Å². The Labute approximate surface area is 218 Å². The van der Waals surface area contributed by atoms with Gasteiger partial charge in [-0.15, -0.1) is 0 Å². The molecule has 0 bridgehead atoms. The standard InChI is InChI=1S/C28H22Cl2N2O4/c29-22-16-17-25(24(30)18-22)36-19-26(33)32(23-14-8-3-9-15-23)31-27(34)28(35,20-10-4-1-5-11-20)21-12-6-2-7-13-21/h1-18,35H,19H2,(H,31,34). The summed E-state index contributed by atoms with van der Waals surface area (Å²) < 4.78 is 5.60. The number of carbonyl (C=O) groups excluding carboxylic acids is 2. The second-order valence-electron chi connectivity index (χ2n) is 7.81. The van der Waals surface area contributed by atoms with Crippen LogP contribution in [0.1, 0.15) is 11.1 Å². The molecule has 0 aliphatic carbocycles. The number of nitrogens with zero attached hydrogens (tertiary/aromatic N) is 1. The van der Waals surface area contributed by atoms with E-state index in [1.54, 1.807) is 103 Å². The lowest BCUT2D eigenvalue weighted by Crippen LogP contribution is -2.55. The van der Waals surface area contributed by atoms with E-state index >= 15 is 0 Å². The van der Waals surface area contributed by atoms with Gasteiger partial charge in [0.05, 0.1) is 10.7 Å². The largest absolute Gasteiger partial charge is 0.482 e. The fourth-order valence-corrected chi connectivity index (χ4v) is 4.08. The van der Waals surface area contributed by atoms with E-state index in [0.717, 1.165) is 5.01 Å². The van der Waals surface area contributed by atoms with Crippen molar-refractivity contribution in [2.75, 3.05) is 11.6 Å². The van der Waals surface area contributed by atoms with Crippen molar-refractivity contribution in [1.29, 1.82) is 0 Å². The second-order valence-corrected chi connectivity index (χ2v) is 8.66. The minimum atomic E-state index is -2.07. The topological polar surface area (TPSA) is 78.9 Å². The van der Waals surface area contributed by atoms with Crippen molar-refractivity contribution < 1.29 is 19.4 Å². The normalized spacial score (nSPS) is 11.0. The van der Waals surface area contributed by atoms with Crippen LogP contribution < -0.4 is 15.2 Å². The number of nitrogens with one attached hydrogen (secondary N) is 1. The summed E-state index contributed by atoms with van der Waals surface area (Å²) in [5.74, 6) is -1.15. The molecule has 4 rings (SSSR count). The molecule has 0 saturated heterocycles. The first-order chi connectivity index (χ1) is 17.4. The van der Waals surface area contributed by atoms with Crippen LogP contribution in [-0.4, -0.2) is 23.5 Å². The molecule has 0 aliphatic rings. The van der Waals surface area contributed by atoms with Crippen molar-refractivity contribution in [1.82, 2.24) is 5.43 Å². The predicted octanol–water partition coefficient (Wildman–Crippen LogP) is 5.37. The Hall–Kier alpha value is -3.84. The van der Waals surface area contributed by atoms with E-state index in [1.807, 2.05) is 0 Å². The highest BCUT2D eigenvalue weighted by atomic mass is 35.5. The zero-order valence-corrected chi connectivity index (χ0v) is 20.5.